The van der Waals surface area contributed by atoms with Crippen LogP contribution < -0.4 is 0 Å². The number of nitrogens with zero attached hydrogens (tertiary/aromatic N) is 1. The number of aliphatic hydroxyl groups is 1. The SMILES string of the molecule is OC1CCCC[C@@H]2[C@H]1[C@@H](c1ccccc1)CN2Cc1ccccc1. The number of hydrogen-bond donors (Lipinski definition) is 1. The molecular weight excluding hydrogens is 294 g/mol. The summed E-state index contributed by atoms with van der Waals surface area (Å²) in [5.41, 5.74) is 2.77. The zero-order valence-corrected chi connectivity index (χ0v) is 14.2. The molecule has 1 aliphatic heterocycles. The second-order valence-corrected chi connectivity index (χ2v) is 7.43. The van der Waals surface area contributed by atoms with Gasteiger partial charge in [0.25, 0.3) is 0 Å². The van der Waals surface area contributed by atoms with E-state index in [4.69, 9.17) is 0 Å². The highest BCUT2D eigenvalue weighted by molar-refractivity contribution is 5.25. The lowest BCUT2D eigenvalue weighted by atomic mass is 9.81. The van der Waals surface area contributed by atoms with Crippen molar-refractivity contribution in [1.82, 2.24) is 4.90 Å². The molecule has 0 aromatic heterocycles. The Hall–Kier alpha value is -1.64. The first kappa shape index (κ1) is 15.9. The third kappa shape index (κ3) is 3.13. The van der Waals surface area contributed by atoms with Gasteiger partial charge in [-0.3, -0.25) is 4.90 Å². The standard InChI is InChI=1S/C22H27NO/c24-21-14-8-7-13-20-22(21)19(18-11-5-2-6-12-18)16-23(20)15-17-9-3-1-4-10-17/h1-6,9-12,19-22,24H,7-8,13-16H2/t19-,20-,21?,22-/m1/s1. The molecule has 1 aliphatic carbocycles. The van der Waals surface area contributed by atoms with Gasteiger partial charge in [-0.15, -0.1) is 0 Å². The maximum Gasteiger partial charge on any atom is 0.0589 e. The number of aliphatic hydroxyl groups excluding tert-OH is 1. The Kier molecular flexibility index (Phi) is 4.68. The molecule has 0 bridgehead atoms. The maximum atomic E-state index is 10.8. The van der Waals surface area contributed by atoms with Crippen molar-refractivity contribution in [2.24, 2.45) is 5.92 Å². The van der Waals surface area contributed by atoms with Crippen LogP contribution in [-0.4, -0.2) is 28.7 Å². The predicted octanol–water partition coefficient (Wildman–Crippen LogP) is 4.21. The van der Waals surface area contributed by atoms with Gasteiger partial charge in [0.1, 0.15) is 0 Å². The van der Waals surface area contributed by atoms with Crippen LogP contribution in [0.25, 0.3) is 0 Å². The Morgan fingerprint density at radius 2 is 1.54 bits per heavy atom. The van der Waals surface area contributed by atoms with Crippen LogP contribution in [0.1, 0.15) is 42.7 Å². The molecule has 0 radical (unpaired) electrons. The first-order chi connectivity index (χ1) is 11.8. The summed E-state index contributed by atoms with van der Waals surface area (Å²) >= 11 is 0. The molecule has 1 saturated carbocycles. The second-order valence-electron chi connectivity index (χ2n) is 7.43. The molecule has 1 unspecified atom stereocenters. The fourth-order valence-electron chi connectivity index (χ4n) is 4.85. The second kappa shape index (κ2) is 7.08. The summed E-state index contributed by atoms with van der Waals surface area (Å²) in [5, 5.41) is 10.8. The summed E-state index contributed by atoms with van der Waals surface area (Å²) in [6, 6.07) is 22.1. The van der Waals surface area contributed by atoms with Crippen molar-refractivity contribution >= 4 is 0 Å². The van der Waals surface area contributed by atoms with Crippen LogP contribution in [0.4, 0.5) is 0 Å². The van der Waals surface area contributed by atoms with Gasteiger partial charge in [0, 0.05) is 31.0 Å². The van der Waals surface area contributed by atoms with E-state index in [2.05, 4.69) is 65.6 Å². The largest absolute Gasteiger partial charge is 0.393 e. The van der Waals surface area contributed by atoms with Crippen molar-refractivity contribution in [3.8, 4) is 0 Å². The average molecular weight is 321 g/mol. The third-order valence-electron chi connectivity index (χ3n) is 5.96. The summed E-state index contributed by atoms with van der Waals surface area (Å²) in [5.74, 6) is 0.826. The molecule has 2 aromatic rings. The highest BCUT2D eigenvalue weighted by atomic mass is 16.3. The van der Waals surface area contributed by atoms with Crippen LogP contribution in [0.15, 0.2) is 60.7 Å². The van der Waals surface area contributed by atoms with Gasteiger partial charge >= 0.3 is 0 Å². The molecule has 4 atom stereocenters. The Balaban J connectivity index is 1.63. The van der Waals surface area contributed by atoms with Crippen LogP contribution in [0, 0.1) is 5.92 Å². The normalized spacial score (nSPS) is 30.7. The van der Waals surface area contributed by atoms with E-state index in [9.17, 15) is 5.11 Å². The van der Waals surface area contributed by atoms with E-state index in [0.717, 1.165) is 25.9 Å². The minimum Gasteiger partial charge on any atom is -0.393 e. The van der Waals surface area contributed by atoms with E-state index < -0.39 is 0 Å². The molecule has 126 valence electrons. The van der Waals surface area contributed by atoms with Crippen molar-refractivity contribution in [3.05, 3.63) is 71.8 Å². The first-order valence-electron chi connectivity index (χ1n) is 9.34. The van der Waals surface area contributed by atoms with Gasteiger partial charge in [-0.1, -0.05) is 73.5 Å². The van der Waals surface area contributed by atoms with Crippen LogP contribution >= 0.6 is 0 Å². The lowest BCUT2D eigenvalue weighted by Gasteiger charge is -2.29. The van der Waals surface area contributed by atoms with Crippen LogP contribution in [-0.2, 0) is 6.54 Å². The van der Waals surface area contributed by atoms with Gasteiger partial charge in [-0.2, -0.15) is 0 Å². The van der Waals surface area contributed by atoms with Gasteiger partial charge in [0.2, 0.25) is 0 Å². The Morgan fingerprint density at radius 3 is 2.29 bits per heavy atom. The number of rotatable bonds is 3. The molecular formula is C22H27NO. The van der Waals surface area contributed by atoms with Gasteiger partial charge < -0.3 is 5.11 Å². The van der Waals surface area contributed by atoms with E-state index in [1.54, 1.807) is 0 Å². The molecule has 24 heavy (non-hydrogen) atoms. The summed E-state index contributed by atoms with van der Waals surface area (Å²) in [7, 11) is 0. The van der Waals surface area contributed by atoms with Crippen LogP contribution in [0.5, 0.6) is 0 Å². The molecule has 1 heterocycles. The Bertz CT molecular complexity index is 642. The zero-order chi connectivity index (χ0) is 16.4. The monoisotopic (exact) mass is 321 g/mol. The summed E-state index contributed by atoms with van der Waals surface area (Å²) in [6.45, 7) is 2.06. The fourth-order valence-corrected chi connectivity index (χ4v) is 4.85. The first-order valence-corrected chi connectivity index (χ1v) is 9.34. The minimum absolute atomic E-state index is 0.163. The van der Waals surface area contributed by atoms with Gasteiger partial charge in [0.05, 0.1) is 6.10 Å². The number of hydrogen-bond acceptors (Lipinski definition) is 2. The van der Waals surface area contributed by atoms with E-state index in [1.807, 2.05) is 0 Å². The Labute approximate surface area is 145 Å². The molecule has 2 fully saturated rings. The molecule has 0 spiro atoms. The van der Waals surface area contributed by atoms with Crippen molar-refractivity contribution in [2.45, 2.75) is 50.3 Å². The van der Waals surface area contributed by atoms with Crippen molar-refractivity contribution < 1.29 is 5.11 Å². The highest BCUT2D eigenvalue weighted by Gasteiger charge is 2.46. The van der Waals surface area contributed by atoms with Crippen molar-refractivity contribution in [3.63, 3.8) is 0 Å². The molecule has 4 rings (SSSR count). The van der Waals surface area contributed by atoms with Crippen LogP contribution in [0.3, 0.4) is 0 Å². The smallest absolute Gasteiger partial charge is 0.0589 e. The quantitative estimate of drug-likeness (QED) is 0.915. The highest BCUT2D eigenvalue weighted by Crippen LogP contribution is 2.44. The molecule has 2 aromatic carbocycles. The fraction of sp³-hybridized carbons (Fsp3) is 0.455. The zero-order valence-electron chi connectivity index (χ0n) is 14.2. The predicted molar refractivity (Wildman–Crippen MR) is 97.8 cm³/mol. The molecule has 1 N–H and O–H groups in total. The molecule has 0 amide bonds. The van der Waals surface area contributed by atoms with E-state index in [1.165, 1.54) is 24.0 Å². The number of fused-ring (bicyclic) bond motifs is 1. The summed E-state index contributed by atoms with van der Waals surface area (Å²) < 4.78 is 0. The molecule has 2 aliphatic rings. The lowest BCUT2D eigenvalue weighted by Crippen LogP contribution is -2.36. The Morgan fingerprint density at radius 1 is 0.875 bits per heavy atom. The van der Waals surface area contributed by atoms with Crippen molar-refractivity contribution in [2.75, 3.05) is 6.54 Å². The lowest BCUT2D eigenvalue weighted by molar-refractivity contribution is 0.0754. The van der Waals surface area contributed by atoms with Gasteiger partial charge in [-0.05, 0) is 24.0 Å². The van der Waals surface area contributed by atoms with Crippen molar-refractivity contribution in [1.29, 1.82) is 0 Å². The molecule has 2 nitrogen and oxygen atoms in total. The van der Waals surface area contributed by atoms with E-state index in [0.29, 0.717) is 17.9 Å². The minimum atomic E-state index is -0.163. The molecule has 2 heteroatoms. The molecule has 1 saturated heterocycles. The van der Waals surface area contributed by atoms with Gasteiger partial charge in [0.15, 0.2) is 0 Å². The third-order valence-corrected chi connectivity index (χ3v) is 5.96. The van der Waals surface area contributed by atoms with E-state index in [-0.39, 0.29) is 6.10 Å². The summed E-state index contributed by atoms with van der Waals surface area (Å²) in [6.07, 6.45) is 4.42. The summed E-state index contributed by atoms with van der Waals surface area (Å²) in [4.78, 5) is 2.63. The number of likely N-dealkylation sites (tertiary alicyclic amines) is 1. The van der Waals surface area contributed by atoms with E-state index >= 15 is 0 Å². The number of benzene rings is 2. The van der Waals surface area contributed by atoms with Crippen LogP contribution in [0.2, 0.25) is 0 Å². The maximum absolute atomic E-state index is 10.8. The van der Waals surface area contributed by atoms with Gasteiger partial charge in [-0.25, -0.2) is 0 Å². The average Bonchev–Trinajstić information content (AvgIpc) is 2.87. The topological polar surface area (TPSA) is 23.5 Å².